The van der Waals surface area contributed by atoms with Crippen molar-refractivity contribution in [2.24, 2.45) is 4.99 Å². The van der Waals surface area contributed by atoms with Gasteiger partial charge in [-0.1, -0.05) is 26.0 Å². The lowest BCUT2D eigenvalue weighted by Gasteiger charge is -2.28. The van der Waals surface area contributed by atoms with Crippen LogP contribution in [0.2, 0.25) is 0 Å². The minimum Gasteiger partial charge on any atom is -0.497 e. The Morgan fingerprint density at radius 2 is 1.89 bits per heavy atom. The molecule has 0 saturated carbocycles. The van der Waals surface area contributed by atoms with Crippen LogP contribution in [0.5, 0.6) is 5.75 Å². The van der Waals surface area contributed by atoms with Crippen molar-refractivity contribution in [2.45, 2.75) is 26.3 Å². The fourth-order valence-electron chi connectivity index (χ4n) is 3.09. The quantitative estimate of drug-likeness (QED) is 0.496. The van der Waals surface area contributed by atoms with Gasteiger partial charge in [0.2, 0.25) is 0 Å². The third-order valence-corrected chi connectivity index (χ3v) is 4.68. The van der Waals surface area contributed by atoms with E-state index in [1.807, 2.05) is 24.3 Å². The van der Waals surface area contributed by atoms with Crippen molar-refractivity contribution in [2.75, 3.05) is 40.3 Å². The van der Waals surface area contributed by atoms with Gasteiger partial charge in [0.15, 0.2) is 5.96 Å². The summed E-state index contributed by atoms with van der Waals surface area (Å²) in [6.07, 6.45) is 2.65. The second kappa shape index (κ2) is 11.3. The van der Waals surface area contributed by atoms with E-state index in [9.17, 15) is 0 Å². The molecular formula is C21H32N4O2. The Hall–Kier alpha value is -2.47. The Balaban J connectivity index is 1.85. The normalized spacial score (nSPS) is 12.9. The van der Waals surface area contributed by atoms with E-state index in [1.165, 1.54) is 5.56 Å². The smallest absolute Gasteiger partial charge is 0.191 e. The molecule has 0 spiro atoms. The molecule has 0 saturated heterocycles. The fourth-order valence-corrected chi connectivity index (χ4v) is 3.09. The first kappa shape index (κ1) is 20.8. The van der Waals surface area contributed by atoms with E-state index >= 15 is 0 Å². The molecule has 0 amide bonds. The number of methoxy groups -OCH3 is 1. The molecule has 2 aromatic rings. The van der Waals surface area contributed by atoms with E-state index in [1.54, 1.807) is 20.4 Å². The summed E-state index contributed by atoms with van der Waals surface area (Å²) in [5.41, 5.74) is 1.26. The molecule has 1 heterocycles. The maximum absolute atomic E-state index is 5.65. The molecule has 6 heteroatoms. The van der Waals surface area contributed by atoms with E-state index < -0.39 is 0 Å². The summed E-state index contributed by atoms with van der Waals surface area (Å²) >= 11 is 0. The number of likely N-dealkylation sites (N-methyl/N-ethyl adjacent to an activating group) is 1. The number of nitrogens with zero attached hydrogens (tertiary/aromatic N) is 2. The maximum atomic E-state index is 5.65. The number of nitrogens with one attached hydrogen (secondary N) is 2. The fraction of sp³-hybridized carbons (Fsp3) is 0.476. The second-order valence-electron chi connectivity index (χ2n) is 6.23. The van der Waals surface area contributed by atoms with E-state index in [4.69, 9.17) is 9.15 Å². The van der Waals surface area contributed by atoms with Crippen molar-refractivity contribution in [1.29, 1.82) is 0 Å². The van der Waals surface area contributed by atoms with Crippen LogP contribution in [-0.4, -0.2) is 51.2 Å². The van der Waals surface area contributed by atoms with Crippen molar-refractivity contribution in [3.63, 3.8) is 0 Å². The molecule has 2 N–H and O–H groups in total. The maximum Gasteiger partial charge on any atom is 0.191 e. The molecule has 2 rings (SSSR count). The molecule has 27 heavy (non-hydrogen) atoms. The van der Waals surface area contributed by atoms with Crippen molar-refractivity contribution >= 4 is 5.96 Å². The molecule has 0 radical (unpaired) electrons. The van der Waals surface area contributed by atoms with Crippen molar-refractivity contribution in [1.82, 2.24) is 15.5 Å². The van der Waals surface area contributed by atoms with Crippen molar-refractivity contribution in [3.8, 4) is 5.75 Å². The number of rotatable bonds is 10. The van der Waals surface area contributed by atoms with Gasteiger partial charge >= 0.3 is 0 Å². The van der Waals surface area contributed by atoms with Gasteiger partial charge in [0.25, 0.3) is 0 Å². The van der Waals surface area contributed by atoms with Crippen molar-refractivity contribution < 1.29 is 9.15 Å². The summed E-state index contributed by atoms with van der Waals surface area (Å²) in [5.74, 6) is 2.65. The first-order valence-corrected chi connectivity index (χ1v) is 9.56. The lowest BCUT2D eigenvalue weighted by Crippen LogP contribution is -2.43. The molecular weight excluding hydrogens is 340 g/mol. The first-order valence-electron chi connectivity index (χ1n) is 9.56. The van der Waals surface area contributed by atoms with E-state index in [0.717, 1.165) is 50.1 Å². The Morgan fingerprint density at radius 1 is 1.15 bits per heavy atom. The number of hydrogen-bond donors (Lipinski definition) is 2. The van der Waals surface area contributed by atoms with Crippen LogP contribution in [0.3, 0.4) is 0 Å². The SMILES string of the molecule is CCN(CC)C(CNC(=NC)NCCc1ccc(OC)cc1)c1ccco1. The molecule has 6 nitrogen and oxygen atoms in total. The molecule has 1 aromatic carbocycles. The van der Waals surface area contributed by atoms with Crippen LogP contribution >= 0.6 is 0 Å². The number of aliphatic imine (C=N–C) groups is 1. The van der Waals surface area contributed by atoms with Gasteiger partial charge in [0.05, 0.1) is 19.4 Å². The summed E-state index contributed by atoms with van der Waals surface area (Å²) in [5, 5.41) is 6.81. The van der Waals surface area contributed by atoms with Gasteiger partial charge in [0.1, 0.15) is 11.5 Å². The van der Waals surface area contributed by atoms with Crippen molar-refractivity contribution in [3.05, 3.63) is 54.0 Å². The number of furan rings is 1. The molecule has 148 valence electrons. The lowest BCUT2D eigenvalue weighted by atomic mass is 10.1. The van der Waals surface area contributed by atoms with Crippen LogP contribution in [0.15, 0.2) is 52.1 Å². The highest BCUT2D eigenvalue weighted by Crippen LogP contribution is 2.20. The average Bonchev–Trinajstić information content (AvgIpc) is 3.24. The Bertz CT molecular complexity index is 664. The van der Waals surface area contributed by atoms with Crippen LogP contribution in [0.4, 0.5) is 0 Å². The van der Waals surface area contributed by atoms with Gasteiger partial charge in [0, 0.05) is 20.1 Å². The van der Waals surface area contributed by atoms with Gasteiger partial charge < -0.3 is 19.8 Å². The summed E-state index contributed by atoms with van der Waals surface area (Å²) in [6.45, 7) is 7.81. The highest BCUT2D eigenvalue weighted by molar-refractivity contribution is 5.79. The minimum absolute atomic E-state index is 0.176. The molecule has 0 aliphatic heterocycles. The zero-order chi connectivity index (χ0) is 19.5. The Kier molecular flexibility index (Phi) is 8.71. The van der Waals surface area contributed by atoms with Gasteiger partial charge in [-0.05, 0) is 49.3 Å². The van der Waals surface area contributed by atoms with Crippen LogP contribution in [-0.2, 0) is 6.42 Å². The largest absolute Gasteiger partial charge is 0.497 e. The van der Waals surface area contributed by atoms with E-state index in [-0.39, 0.29) is 6.04 Å². The zero-order valence-electron chi connectivity index (χ0n) is 16.9. The number of ether oxygens (including phenoxy) is 1. The Labute approximate surface area is 162 Å². The van der Waals surface area contributed by atoms with E-state index in [0.29, 0.717) is 0 Å². The molecule has 0 bridgehead atoms. The summed E-state index contributed by atoms with van der Waals surface area (Å²) in [7, 11) is 3.47. The molecule has 0 fully saturated rings. The van der Waals surface area contributed by atoms with Gasteiger partial charge in [-0.15, -0.1) is 0 Å². The highest BCUT2D eigenvalue weighted by atomic mass is 16.5. The summed E-state index contributed by atoms with van der Waals surface area (Å²) in [4.78, 5) is 6.71. The average molecular weight is 373 g/mol. The molecule has 1 unspecified atom stereocenters. The number of hydrogen-bond acceptors (Lipinski definition) is 4. The first-order chi connectivity index (χ1) is 13.2. The lowest BCUT2D eigenvalue weighted by molar-refractivity contribution is 0.193. The molecule has 0 aliphatic carbocycles. The number of guanidine groups is 1. The zero-order valence-corrected chi connectivity index (χ0v) is 16.9. The Morgan fingerprint density at radius 3 is 2.44 bits per heavy atom. The van der Waals surface area contributed by atoms with E-state index in [2.05, 4.69) is 46.5 Å². The van der Waals surface area contributed by atoms with Gasteiger partial charge in [-0.2, -0.15) is 0 Å². The highest BCUT2D eigenvalue weighted by Gasteiger charge is 2.20. The van der Waals surface area contributed by atoms with Gasteiger partial charge in [-0.25, -0.2) is 0 Å². The minimum atomic E-state index is 0.176. The number of benzene rings is 1. The third-order valence-electron chi connectivity index (χ3n) is 4.68. The summed E-state index contributed by atoms with van der Waals surface area (Å²) in [6, 6.07) is 12.3. The predicted molar refractivity (Wildman–Crippen MR) is 110 cm³/mol. The van der Waals surface area contributed by atoms with Gasteiger partial charge in [-0.3, -0.25) is 9.89 Å². The molecule has 1 atom stereocenters. The van der Waals surface area contributed by atoms with Crippen LogP contribution in [0.1, 0.15) is 31.2 Å². The standard InChI is InChI=1S/C21H32N4O2/c1-5-25(6-2)19(20-8-7-15-27-20)16-24-21(22-3)23-14-13-17-9-11-18(26-4)12-10-17/h7-12,15,19H,5-6,13-14,16H2,1-4H3,(H2,22,23,24). The molecule has 0 aliphatic rings. The molecule has 1 aromatic heterocycles. The van der Waals surface area contributed by atoms with Crippen LogP contribution in [0.25, 0.3) is 0 Å². The summed E-state index contributed by atoms with van der Waals surface area (Å²) < 4.78 is 10.8. The monoisotopic (exact) mass is 372 g/mol. The predicted octanol–water partition coefficient (Wildman–Crippen LogP) is 3.08. The second-order valence-corrected chi connectivity index (χ2v) is 6.23. The van der Waals surface area contributed by atoms with Crippen LogP contribution in [0, 0.1) is 0 Å². The van der Waals surface area contributed by atoms with Crippen LogP contribution < -0.4 is 15.4 Å². The topological polar surface area (TPSA) is 62.0 Å². The third kappa shape index (κ3) is 6.32.